The van der Waals surface area contributed by atoms with Gasteiger partial charge < -0.3 is 25.0 Å². The number of carboxylic acids is 1. The summed E-state index contributed by atoms with van der Waals surface area (Å²) >= 11 is 3.54. The number of aromatic nitrogens is 1. The van der Waals surface area contributed by atoms with Crippen molar-refractivity contribution in [3.8, 4) is 5.75 Å². The van der Waals surface area contributed by atoms with Gasteiger partial charge in [0.05, 0.1) is 24.5 Å². The molecule has 0 fully saturated rings. The number of carbonyl (C=O) groups is 3. The van der Waals surface area contributed by atoms with Crippen molar-refractivity contribution in [3.63, 3.8) is 0 Å². The Kier molecular flexibility index (Phi) is 11.0. The number of nitrogens with one attached hydrogen (secondary N) is 2. The highest BCUT2D eigenvalue weighted by Crippen LogP contribution is 2.27. The molecule has 3 N–H and O–H groups in total. The molecule has 4 rings (SSSR count). The Morgan fingerprint density at radius 2 is 1.40 bits per heavy atom. The lowest BCUT2D eigenvalue weighted by Crippen LogP contribution is -2.51. The molecule has 252 valence electrons. The van der Waals surface area contributed by atoms with Gasteiger partial charge in [0.25, 0.3) is 5.56 Å². The molecule has 0 aliphatic rings. The van der Waals surface area contributed by atoms with Crippen molar-refractivity contribution in [2.75, 3.05) is 12.4 Å². The van der Waals surface area contributed by atoms with Crippen LogP contribution >= 0.6 is 15.9 Å². The van der Waals surface area contributed by atoms with Gasteiger partial charge in [-0.2, -0.15) is 0 Å². The molecule has 0 saturated carbocycles. The smallest absolute Gasteiger partial charge is 0.313 e. The van der Waals surface area contributed by atoms with Crippen molar-refractivity contribution in [1.29, 1.82) is 0 Å². The SMILES string of the molecule is COc1ccc(Cn2cc(Br)c(C)c(NC(=O)[C@H](Cc3ccc(C(C)(C)C(=O)O)cc3)NC(=O)C(C)(C)c3ccc(C)cc3)c2=O)cc1. The summed E-state index contributed by atoms with van der Waals surface area (Å²) in [5.74, 6) is -1.19. The number of nitrogens with zero attached hydrogens (tertiary/aromatic N) is 1. The molecular formula is C38H42BrN3O6. The maximum absolute atomic E-state index is 14.1. The molecule has 48 heavy (non-hydrogen) atoms. The van der Waals surface area contributed by atoms with E-state index in [-0.39, 0.29) is 24.6 Å². The summed E-state index contributed by atoms with van der Waals surface area (Å²) in [6.45, 7) is 10.8. The second-order valence-electron chi connectivity index (χ2n) is 13.1. The number of ether oxygens (including phenoxy) is 1. The number of hydrogen-bond donors (Lipinski definition) is 3. The number of methoxy groups -OCH3 is 1. The summed E-state index contributed by atoms with van der Waals surface area (Å²) in [6, 6.07) is 20.9. The van der Waals surface area contributed by atoms with Crippen LogP contribution in [0.1, 0.15) is 61.1 Å². The van der Waals surface area contributed by atoms with E-state index in [2.05, 4.69) is 26.6 Å². The number of benzene rings is 3. The summed E-state index contributed by atoms with van der Waals surface area (Å²) < 4.78 is 7.37. The fraction of sp³-hybridized carbons (Fsp3) is 0.316. The Morgan fingerprint density at radius 1 is 0.854 bits per heavy atom. The minimum absolute atomic E-state index is 0.0958. The predicted octanol–water partition coefficient (Wildman–Crippen LogP) is 6.29. The molecule has 4 aromatic rings. The molecule has 0 bridgehead atoms. The zero-order valence-corrected chi connectivity index (χ0v) is 29.9. The van der Waals surface area contributed by atoms with Crippen LogP contribution in [-0.4, -0.2) is 40.6 Å². The first-order valence-corrected chi connectivity index (χ1v) is 16.4. The number of halogens is 1. The normalized spacial score (nSPS) is 12.2. The first kappa shape index (κ1) is 36.1. The van der Waals surface area contributed by atoms with Gasteiger partial charge in [-0.1, -0.05) is 66.2 Å². The Labute approximate surface area is 289 Å². The van der Waals surface area contributed by atoms with Gasteiger partial charge in [0, 0.05) is 17.1 Å². The third-order valence-electron chi connectivity index (χ3n) is 8.85. The number of rotatable bonds is 12. The van der Waals surface area contributed by atoms with E-state index < -0.39 is 34.3 Å². The van der Waals surface area contributed by atoms with Crippen LogP contribution in [0.2, 0.25) is 0 Å². The number of pyridine rings is 1. The van der Waals surface area contributed by atoms with Gasteiger partial charge >= 0.3 is 5.97 Å². The van der Waals surface area contributed by atoms with Gasteiger partial charge in [0.1, 0.15) is 17.5 Å². The highest BCUT2D eigenvalue weighted by atomic mass is 79.9. The van der Waals surface area contributed by atoms with E-state index in [4.69, 9.17) is 4.74 Å². The van der Waals surface area contributed by atoms with E-state index in [0.29, 0.717) is 26.9 Å². The second-order valence-corrected chi connectivity index (χ2v) is 14.0. The lowest BCUT2D eigenvalue weighted by molar-refractivity contribution is -0.142. The van der Waals surface area contributed by atoms with Gasteiger partial charge in [-0.3, -0.25) is 19.2 Å². The van der Waals surface area contributed by atoms with Crippen LogP contribution in [0.3, 0.4) is 0 Å². The van der Waals surface area contributed by atoms with E-state index in [1.807, 2.05) is 55.5 Å². The van der Waals surface area contributed by atoms with E-state index in [1.165, 1.54) is 4.57 Å². The average molecular weight is 717 g/mol. The number of carboxylic acid groups (broad SMARTS) is 1. The highest BCUT2D eigenvalue weighted by Gasteiger charge is 2.34. The fourth-order valence-corrected chi connectivity index (χ4v) is 5.63. The molecule has 0 aliphatic heterocycles. The topological polar surface area (TPSA) is 127 Å². The van der Waals surface area contributed by atoms with Crippen molar-refractivity contribution in [2.45, 2.75) is 71.4 Å². The molecule has 0 saturated heterocycles. The number of aliphatic carboxylic acids is 1. The lowest BCUT2D eigenvalue weighted by atomic mass is 9.82. The maximum atomic E-state index is 14.1. The van der Waals surface area contributed by atoms with Crippen LogP contribution in [0.25, 0.3) is 0 Å². The Morgan fingerprint density at radius 3 is 1.96 bits per heavy atom. The molecule has 0 aliphatic carbocycles. The maximum Gasteiger partial charge on any atom is 0.313 e. The first-order valence-electron chi connectivity index (χ1n) is 15.6. The van der Waals surface area contributed by atoms with Crippen molar-refractivity contribution < 1.29 is 24.2 Å². The summed E-state index contributed by atoms with van der Waals surface area (Å²) in [6.07, 6.45) is 1.78. The molecule has 0 radical (unpaired) electrons. The van der Waals surface area contributed by atoms with E-state index in [0.717, 1.165) is 16.7 Å². The quantitative estimate of drug-likeness (QED) is 0.158. The molecule has 3 aromatic carbocycles. The van der Waals surface area contributed by atoms with Gasteiger partial charge in [-0.05, 0) is 97.4 Å². The molecule has 10 heteroatoms. The summed E-state index contributed by atoms with van der Waals surface area (Å²) in [4.78, 5) is 53.4. The average Bonchev–Trinajstić information content (AvgIpc) is 3.05. The van der Waals surface area contributed by atoms with E-state index in [1.54, 1.807) is 72.2 Å². The third kappa shape index (κ3) is 8.05. The molecular weight excluding hydrogens is 674 g/mol. The van der Waals surface area contributed by atoms with Crippen LogP contribution in [0.15, 0.2) is 88.3 Å². The number of anilines is 1. The van der Waals surface area contributed by atoms with Crippen LogP contribution < -0.4 is 20.9 Å². The zero-order valence-electron chi connectivity index (χ0n) is 28.3. The monoisotopic (exact) mass is 715 g/mol. The lowest BCUT2D eigenvalue weighted by Gasteiger charge is -2.28. The molecule has 9 nitrogen and oxygen atoms in total. The standard InChI is InChI=1S/C38H42BrN3O6/c1-23-8-14-27(15-9-23)37(3,4)35(45)40-31(20-25-10-16-28(17-11-25)38(5,6)36(46)47)33(43)41-32-24(2)30(39)22-42(34(32)44)21-26-12-18-29(48-7)19-13-26/h8-19,22,31H,20-21H2,1-7H3,(H,40,45)(H,41,43)(H,46,47)/t31-/m0/s1. The van der Waals surface area contributed by atoms with Gasteiger partial charge in [-0.25, -0.2) is 0 Å². The third-order valence-corrected chi connectivity index (χ3v) is 9.65. The predicted molar refractivity (Wildman–Crippen MR) is 191 cm³/mol. The van der Waals surface area contributed by atoms with Gasteiger partial charge in [-0.15, -0.1) is 0 Å². The molecule has 0 unspecified atom stereocenters. The Bertz CT molecular complexity index is 1860. The minimum atomic E-state index is -1.11. The first-order chi connectivity index (χ1) is 22.5. The van der Waals surface area contributed by atoms with Crippen molar-refractivity contribution >= 4 is 39.4 Å². The molecule has 0 spiro atoms. The molecule has 1 atom stereocenters. The largest absolute Gasteiger partial charge is 0.497 e. The van der Waals surface area contributed by atoms with Crippen molar-refractivity contribution in [1.82, 2.24) is 9.88 Å². The Hall–Kier alpha value is -4.70. The number of amides is 2. The summed E-state index contributed by atoms with van der Waals surface area (Å²) in [7, 11) is 1.58. The van der Waals surface area contributed by atoms with E-state index in [9.17, 15) is 24.3 Å². The zero-order chi connectivity index (χ0) is 35.4. The Balaban J connectivity index is 1.67. The molecule has 2 amide bonds. The molecule has 1 heterocycles. The van der Waals surface area contributed by atoms with Crippen LogP contribution in [-0.2, 0) is 38.2 Å². The number of aryl methyl sites for hydroxylation is 1. The van der Waals surface area contributed by atoms with Crippen molar-refractivity contribution in [3.05, 3.63) is 127 Å². The highest BCUT2D eigenvalue weighted by molar-refractivity contribution is 9.10. The number of hydrogen-bond acceptors (Lipinski definition) is 5. The van der Waals surface area contributed by atoms with Crippen LogP contribution in [0.5, 0.6) is 5.75 Å². The van der Waals surface area contributed by atoms with Crippen LogP contribution in [0, 0.1) is 13.8 Å². The van der Waals surface area contributed by atoms with Gasteiger partial charge in [0.2, 0.25) is 11.8 Å². The van der Waals surface area contributed by atoms with Crippen molar-refractivity contribution in [2.24, 2.45) is 0 Å². The van der Waals surface area contributed by atoms with Gasteiger partial charge in [0.15, 0.2) is 0 Å². The number of carbonyl (C=O) groups excluding carboxylic acids is 2. The van der Waals surface area contributed by atoms with Crippen LogP contribution in [0.4, 0.5) is 5.69 Å². The fourth-order valence-electron chi connectivity index (χ4n) is 5.18. The molecule has 1 aromatic heterocycles. The minimum Gasteiger partial charge on any atom is -0.497 e. The summed E-state index contributed by atoms with van der Waals surface area (Å²) in [5.41, 5.74) is 2.18. The van der Waals surface area contributed by atoms with E-state index >= 15 is 0 Å². The second kappa shape index (κ2) is 14.6. The summed E-state index contributed by atoms with van der Waals surface area (Å²) in [5, 5.41) is 15.4.